The first-order valence-corrected chi connectivity index (χ1v) is 8.68. The van der Waals surface area contributed by atoms with E-state index in [1.165, 1.54) is 28.5 Å². The van der Waals surface area contributed by atoms with E-state index in [4.69, 9.17) is 16.0 Å². The van der Waals surface area contributed by atoms with Gasteiger partial charge in [0.05, 0.1) is 29.7 Å². The molecule has 3 heterocycles. The maximum Gasteiger partial charge on any atom is 0.271 e. The van der Waals surface area contributed by atoms with Crippen LogP contribution in [0.4, 0.5) is 0 Å². The number of amides is 1. The van der Waals surface area contributed by atoms with Gasteiger partial charge in [-0.05, 0) is 24.3 Å². The van der Waals surface area contributed by atoms with E-state index in [0.717, 1.165) is 10.1 Å². The van der Waals surface area contributed by atoms with Gasteiger partial charge in [-0.3, -0.25) is 14.2 Å². The van der Waals surface area contributed by atoms with Crippen molar-refractivity contribution in [2.45, 2.75) is 13.1 Å². The van der Waals surface area contributed by atoms with Crippen molar-refractivity contribution in [1.29, 1.82) is 0 Å². The van der Waals surface area contributed by atoms with E-state index in [0.29, 0.717) is 21.0 Å². The predicted octanol–water partition coefficient (Wildman–Crippen LogP) is 3.17. The second kappa shape index (κ2) is 6.34. The lowest BCUT2D eigenvalue weighted by Crippen LogP contribution is -2.31. The normalized spacial score (nSPS) is 11.2. The molecule has 0 saturated heterocycles. The van der Waals surface area contributed by atoms with Gasteiger partial charge in [0.2, 0.25) is 5.91 Å². The number of fused-ring (bicyclic) bond motifs is 3. The van der Waals surface area contributed by atoms with Crippen LogP contribution in [0.2, 0.25) is 5.02 Å². The van der Waals surface area contributed by atoms with Crippen LogP contribution in [0.15, 0.2) is 52.1 Å². The summed E-state index contributed by atoms with van der Waals surface area (Å²) >= 11 is 7.56. The van der Waals surface area contributed by atoms with E-state index >= 15 is 0 Å². The number of thiophene rings is 1. The molecule has 0 aliphatic rings. The molecule has 0 aliphatic heterocycles. The Bertz CT molecular complexity index is 1130. The Morgan fingerprint density at radius 3 is 3.00 bits per heavy atom. The van der Waals surface area contributed by atoms with Crippen molar-refractivity contribution < 1.29 is 9.21 Å². The summed E-state index contributed by atoms with van der Waals surface area (Å²) in [5.41, 5.74) is 0.318. The van der Waals surface area contributed by atoms with Gasteiger partial charge in [-0.25, -0.2) is 4.98 Å². The van der Waals surface area contributed by atoms with Crippen LogP contribution in [-0.4, -0.2) is 15.5 Å². The third kappa shape index (κ3) is 2.92. The molecule has 0 unspecified atom stereocenters. The summed E-state index contributed by atoms with van der Waals surface area (Å²) in [4.78, 5) is 29.1. The molecular formula is C17H12ClN3O3S. The fourth-order valence-electron chi connectivity index (χ4n) is 2.59. The highest BCUT2D eigenvalue weighted by molar-refractivity contribution is 7.25. The quantitative estimate of drug-likeness (QED) is 0.596. The molecular weight excluding hydrogens is 362 g/mol. The second-order valence-corrected chi connectivity index (χ2v) is 6.89. The number of halogens is 1. The number of aromatic nitrogens is 2. The Kier molecular flexibility index (Phi) is 4.03. The molecule has 0 bridgehead atoms. The minimum absolute atomic E-state index is 0.107. The van der Waals surface area contributed by atoms with E-state index in [2.05, 4.69) is 10.3 Å². The second-order valence-electron chi connectivity index (χ2n) is 5.43. The molecule has 0 saturated carbocycles. The van der Waals surface area contributed by atoms with Crippen LogP contribution in [-0.2, 0) is 17.9 Å². The van der Waals surface area contributed by atoms with E-state index in [1.54, 1.807) is 18.2 Å². The van der Waals surface area contributed by atoms with Crippen molar-refractivity contribution in [3.63, 3.8) is 0 Å². The highest BCUT2D eigenvalue weighted by atomic mass is 35.5. The fraction of sp³-hybridized carbons (Fsp3) is 0.118. The number of furan rings is 1. The fourth-order valence-corrected chi connectivity index (χ4v) is 4.04. The Morgan fingerprint density at radius 2 is 2.20 bits per heavy atom. The average Bonchev–Trinajstić information content (AvgIpc) is 3.24. The number of nitrogens with zero attached hydrogens (tertiary/aromatic N) is 2. The summed E-state index contributed by atoms with van der Waals surface area (Å²) in [6, 6.07) is 9.01. The van der Waals surface area contributed by atoms with Crippen molar-refractivity contribution in [2.24, 2.45) is 0 Å². The molecule has 3 aromatic heterocycles. The molecule has 4 rings (SSSR count). The summed E-state index contributed by atoms with van der Waals surface area (Å²) in [6.45, 7) is 0.166. The molecule has 8 heteroatoms. The Labute approximate surface area is 150 Å². The molecule has 4 aromatic rings. The third-order valence-electron chi connectivity index (χ3n) is 3.77. The number of hydrogen-bond acceptors (Lipinski definition) is 5. The first-order chi connectivity index (χ1) is 12.1. The van der Waals surface area contributed by atoms with Crippen LogP contribution in [0, 0.1) is 0 Å². The monoisotopic (exact) mass is 373 g/mol. The highest BCUT2D eigenvalue weighted by Crippen LogP contribution is 2.34. The first kappa shape index (κ1) is 15.9. The molecule has 0 radical (unpaired) electrons. The number of carbonyl (C=O) groups is 1. The van der Waals surface area contributed by atoms with Crippen LogP contribution >= 0.6 is 22.9 Å². The van der Waals surface area contributed by atoms with E-state index in [9.17, 15) is 9.59 Å². The number of benzene rings is 1. The molecule has 126 valence electrons. The smallest absolute Gasteiger partial charge is 0.271 e. The minimum Gasteiger partial charge on any atom is -0.467 e. The Balaban J connectivity index is 1.63. The maximum atomic E-state index is 12.7. The van der Waals surface area contributed by atoms with E-state index in [-0.39, 0.29) is 24.6 Å². The number of hydrogen-bond donors (Lipinski definition) is 1. The van der Waals surface area contributed by atoms with Crippen LogP contribution < -0.4 is 10.9 Å². The number of rotatable bonds is 4. The standard InChI is InChI=1S/C17H12ClN3O3S/c18-11-4-1-5-12-14(11)15-16(25-12)17(23)21(9-20-15)8-13(22)19-7-10-3-2-6-24-10/h1-6,9H,7-8H2,(H,19,22). The van der Waals surface area contributed by atoms with Crippen molar-refractivity contribution in [3.8, 4) is 0 Å². The molecule has 0 spiro atoms. The third-order valence-corrected chi connectivity index (χ3v) is 5.22. The highest BCUT2D eigenvalue weighted by Gasteiger charge is 2.15. The summed E-state index contributed by atoms with van der Waals surface area (Å²) in [6.07, 6.45) is 2.92. The topological polar surface area (TPSA) is 77.1 Å². The number of carbonyl (C=O) groups excluding carboxylic acids is 1. The van der Waals surface area contributed by atoms with Gasteiger partial charge in [0, 0.05) is 10.1 Å². The zero-order valence-electron chi connectivity index (χ0n) is 12.9. The lowest BCUT2D eigenvalue weighted by molar-refractivity contribution is -0.121. The minimum atomic E-state index is -0.293. The summed E-state index contributed by atoms with van der Waals surface area (Å²) in [7, 11) is 0. The van der Waals surface area contributed by atoms with Gasteiger partial charge in [0.1, 0.15) is 17.0 Å². The zero-order valence-corrected chi connectivity index (χ0v) is 14.4. The molecule has 6 nitrogen and oxygen atoms in total. The maximum absolute atomic E-state index is 12.7. The summed E-state index contributed by atoms with van der Waals surface area (Å²) in [5, 5.41) is 4.04. The number of nitrogens with one attached hydrogen (secondary N) is 1. The van der Waals surface area contributed by atoms with Gasteiger partial charge in [-0.2, -0.15) is 0 Å². The molecule has 0 atom stereocenters. The Morgan fingerprint density at radius 1 is 1.32 bits per heavy atom. The predicted molar refractivity (Wildman–Crippen MR) is 97.0 cm³/mol. The van der Waals surface area contributed by atoms with Crippen LogP contribution in [0.25, 0.3) is 20.3 Å². The lowest BCUT2D eigenvalue weighted by atomic mass is 10.2. The molecule has 1 amide bonds. The lowest BCUT2D eigenvalue weighted by Gasteiger charge is -2.06. The summed E-state index contributed by atoms with van der Waals surface area (Å²) < 4.78 is 7.83. The zero-order chi connectivity index (χ0) is 17.4. The van der Waals surface area contributed by atoms with Crippen molar-refractivity contribution in [1.82, 2.24) is 14.9 Å². The van der Waals surface area contributed by atoms with E-state index in [1.807, 2.05) is 12.1 Å². The average molecular weight is 374 g/mol. The van der Waals surface area contributed by atoms with Gasteiger partial charge in [-0.1, -0.05) is 17.7 Å². The molecule has 0 fully saturated rings. The Hall–Kier alpha value is -2.64. The van der Waals surface area contributed by atoms with Crippen molar-refractivity contribution in [2.75, 3.05) is 0 Å². The molecule has 25 heavy (non-hydrogen) atoms. The SMILES string of the molecule is O=C(Cn1cnc2c(sc3cccc(Cl)c32)c1=O)NCc1ccco1. The molecule has 1 aromatic carbocycles. The van der Waals surface area contributed by atoms with Crippen molar-refractivity contribution in [3.05, 3.63) is 64.1 Å². The van der Waals surface area contributed by atoms with Crippen LogP contribution in [0.1, 0.15) is 5.76 Å². The molecule has 0 aliphatic carbocycles. The van der Waals surface area contributed by atoms with E-state index < -0.39 is 0 Å². The van der Waals surface area contributed by atoms with Gasteiger partial charge < -0.3 is 9.73 Å². The van der Waals surface area contributed by atoms with Gasteiger partial charge in [0.15, 0.2) is 0 Å². The van der Waals surface area contributed by atoms with Gasteiger partial charge in [0.25, 0.3) is 5.56 Å². The first-order valence-electron chi connectivity index (χ1n) is 7.49. The van der Waals surface area contributed by atoms with Gasteiger partial charge >= 0.3 is 0 Å². The molecule has 1 N–H and O–H groups in total. The van der Waals surface area contributed by atoms with Gasteiger partial charge in [-0.15, -0.1) is 11.3 Å². The summed E-state index contributed by atoms with van der Waals surface area (Å²) in [5.74, 6) is 0.354. The van der Waals surface area contributed by atoms with Crippen molar-refractivity contribution >= 4 is 49.1 Å². The van der Waals surface area contributed by atoms with Crippen LogP contribution in [0.5, 0.6) is 0 Å². The van der Waals surface area contributed by atoms with Crippen LogP contribution in [0.3, 0.4) is 0 Å². The largest absolute Gasteiger partial charge is 0.467 e.